The van der Waals surface area contributed by atoms with Crippen LogP contribution in [0.15, 0.2) is 24.3 Å². The summed E-state index contributed by atoms with van der Waals surface area (Å²) in [4.78, 5) is 48.8. The van der Waals surface area contributed by atoms with Gasteiger partial charge in [-0.3, -0.25) is 18.2 Å². The smallest absolute Gasteiger partial charge is 0.367 e. The highest BCUT2D eigenvalue weighted by Gasteiger charge is 2.59. The molecule has 1 amide bonds. The van der Waals surface area contributed by atoms with E-state index in [-0.39, 0.29) is 22.6 Å². The van der Waals surface area contributed by atoms with E-state index in [0.29, 0.717) is 5.69 Å². The number of hydrogen-bond donors (Lipinski definition) is 5. The fourth-order valence-corrected chi connectivity index (χ4v) is 5.56. The third-order valence-electron chi connectivity index (χ3n) is 4.11. The van der Waals surface area contributed by atoms with Gasteiger partial charge < -0.3 is 24.7 Å². The maximum absolute atomic E-state index is 12.2. The molecular weight excluding hydrogens is 392 g/mol. The van der Waals surface area contributed by atoms with Gasteiger partial charge in [-0.1, -0.05) is 26.0 Å². The second kappa shape index (κ2) is 6.79. The van der Waals surface area contributed by atoms with E-state index in [4.69, 9.17) is 19.6 Å². The Morgan fingerprint density at radius 1 is 1.08 bits per heavy atom. The van der Waals surface area contributed by atoms with E-state index in [9.17, 15) is 19.0 Å². The molecule has 2 rings (SSSR count). The fourth-order valence-electron chi connectivity index (χ4n) is 2.28. The molecule has 0 spiro atoms. The van der Waals surface area contributed by atoms with Gasteiger partial charge in [0, 0.05) is 17.6 Å². The van der Waals surface area contributed by atoms with Crippen molar-refractivity contribution in [1.82, 2.24) is 0 Å². The van der Waals surface area contributed by atoms with Crippen LogP contribution in [0, 0.1) is 5.92 Å². The van der Waals surface area contributed by atoms with Crippen LogP contribution in [0.25, 0.3) is 0 Å². The average molecular weight is 411 g/mol. The van der Waals surface area contributed by atoms with Gasteiger partial charge in [-0.25, -0.2) is 0 Å². The zero-order chi connectivity index (χ0) is 19.2. The molecule has 1 heterocycles. The van der Waals surface area contributed by atoms with Crippen molar-refractivity contribution < 1.29 is 38.6 Å². The molecule has 1 aromatic carbocycles. The molecule has 1 saturated heterocycles. The average Bonchev–Trinajstić information content (AvgIpc) is 2.73. The summed E-state index contributed by atoms with van der Waals surface area (Å²) in [5.41, 5.74) is 0.640. The van der Waals surface area contributed by atoms with Crippen LogP contribution < -0.4 is 4.31 Å². The summed E-state index contributed by atoms with van der Waals surface area (Å²) in [7, 11) is -11.0. The third kappa shape index (κ3) is 3.86. The first-order valence-electron chi connectivity index (χ1n) is 7.21. The zero-order valence-electron chi connectivity index (χ0n) is 13.4. The first-order chi connectivity index (χ1) is 11.3. The molecular formula is C13H19NO8P2S. The van der Waals surface area contributed by atoms with Crippen molar-refractivity contribution in [2.24, 2.45) is 5.92 Å². The summed E-state index contributed by atoms with van der Waals surface area (Å²) in [5.74, 6) is -0.230. The molecule has 0 aromatic heterocycles. The third-order valence-corrected chi connectivity index (χ3v) is 9.20. The van der Waals surface area contributed by atoms with Gasteiger partial charge in [0.05, 0.1) is 5.69 Å². The Morgan fingerprint density at radius 3 is 1.92 bits per heavy atom. The highest BCUT2D eigenvalue weighted by atomic mass is 32.2. The number of carbonyl (C=O) groups excluding carboxylic acids is 1. The van der Waals surface area contributed by atoms with E-state index >= 15 is 0 Å². The summed E-state index contributed by atoms with van der Waals surface area (Å²) >= 11 is 1.35. The van der Waals surface area contributed by atoms with E-state index in [0.717, 1.165) is 0 Å². The minimum absolute atomic E-state index is 0.0767. The van der Waals surface area contributed by atoms with Gasteiger partial charge in [0.1, 0.15) is 0 Å². The minimum atomic E-state index is -5.51. The van der Waals surface area contributed by atoms with Crippen molar-refractivity contribution in [3.05, 3.63) is 29.8 Å². The Bertz CT molecular complexity index is 736. The summed E-state index contributed by atoms with van der Waals surface area (Å²) in [6.07, 6.45) is -0.935. The Hall–Kier alpha value is -0.700. The summed E-state index contributed by atoms with van der Waals surface area (Å²) < 4.78 is 24.3. The number of benzene rings is 1. The van der Waals surface area contributed by atoms with Gasteiger partial charge in [0.25, 0.3) is 5.08 Å². The maximum atomic E-state index is 12.2. The number of amides is 1. The molecule has 140 valence electrons. The van der Waals surface area contributed by atoms with E-state index < -0.39 is 26.7 Å². The van der Waals surface area contributed by atoms with Gasteiger partial charge in [-0.05, 0) is 29.6 Å². The van der Waals surface area contributed by atoms with Crippen molar-refractivity contribution in [2.45, 2.75) is 30.6 Å². The lowest BCUT2D eigenvalue weighted by atomic mass is 10.1. The molecule has 1 aliphatic rings. The number of aliphatic hydroxyl groups is 1. The lowest BCUT2D eigenvalue weighted by molar-refractivity contribution is -0.119. The Kier molecular flexibility index (Phi) is 5.60. The van der Waals surface area contributed by atoms with E-state index in [1.807, 2.05) is 13.8 Å². The number of hydrogen-bond acceptors (Lipinski definition) is 5. The van der Waals surface area contributed by atoms with E-state index in [1.165, 1.54) is 40.5 Å². The van der Waals surface area contributed by atoms with Gasteiger partial charge in [-0.2, -0.15) is 0 Å². The number of rotatable bonds is 5. The van der Waals surface area contributed by atoms with E-state index in [2.05, 4.69) is 0 Å². The summed E-state index contributed by atoms with van der Waals surface area (Å²) in [6.45, 7) is 3.73. The molecule has 2 atom stereocenters. The highest BCUT2D eigenvalue weighted by Crippen LogP contribution is 2.68. The van der Waals surface area contributed by atoms with Crippen molar-refractivity contribution in [3.63, 3.8) is 0 Å². The van der Waals surface area contributed by atoms with Gasteiger partial charge in [0.2, 0.25) is 5.91 Å². The first-order valence-corrected chi connectivity index (χ1v) is 11.3. The Balaban J connectivity index is 2.27. The molecule has 0 bridgehead atoms. The van der Waals surface area contributed by atoms with Crippen molar-refractivity contribution >= 4 is 38.7 Å². The topological polar surface area (TPSA) is 156 Å². The summed E-state index contributed by atoms with van der Waals surface area (Å²) in [6, 6.07) is 5.69. The predicted molar refractivity (Wildman–Crippen MR) is 92.9 cm³/mol. The molecule has 1 fully saturated rings. The molecule has 12 heteroatoms. The highest BCUT2D eigenvalue weighted by molar-refractivity contribution is 8.02. The monoisotopic (exact) mass is 411 g/mol. The zero-order valence-corrected chi connectivity index (χ0v) is 16.0. The molecule has 0 aliphatic carbocycles. The number of anilines is 1. The Morgan fingerprint density at radius 2 is 1.56 bits per heavy atom. The largest absolute Gasteiger partial charge is 0.369 e. The van der Waals surface area contributed by atoms with Crippen molar-refractivity contribution in [2.75, 3.05) is 4.31 Å². The van der Waals surface area contributed by atoms with Crippen LogP contribution in [0.1, 0.15) is 19.4 Å². The molecule has 0 saturated carbocycles. The molecule has 9 nitrogen and oxygen atoms in total. The standard InChI is InChI=1S/C13H19NO8P2S/c1-8-9(2)25-14(12(8)15)11-5-3-10(4-6-11)7-13(16,23(17,18)19)24(20,21)22/h3-6,8-9,16H,7H2,1-2H3,(H2,17,18,19)(H2,20,21,22). The lowest BCUT2D eigenvalue weighted by Crippen LogP contribution is -2.31. The molecule has 5 N–H and O–H groups in total. The molecule has 0 radical (unpaired) electrons. The second-order valence-electron chi connectivity index (χ2n) is 5.94. The van der Waals surface area contributed by atoms with Gasteiger partial charge >= 0.3 is 15.2 Å². The van der Waals surface area contributed by atoms with Crippen LogP contribution in [0.4, 0.5) is 5.69 Å². The first kappa shape index (κ1) is 20.6. The molecule has 2 unspecified atom stereocenters. The van der Waals surface area contributed by atoms with Gasteiger partial charge in [0.15, 0.2) is 0 Å². The van der Waals surface area contributed by atoms with Gasteiger partial charge in [-0.15, -0.1) is 0 Å². The van der Waals surface area contributed by atoms with Crippen LogP contribution >= 0.6 is 27.1 Å². The molecule has 25 heavy (non-hydrogen) atoms. The van der Waals surface area contributed by atoms with Crippen LogP contribution in [-0.4, -0.2) is 40.9 Å². The lowest BCUT2D eigenvalue weighted by Gasteiger charge is -2.29. The SMILES string of the molecule is CC1SN(c2ccc(CC(O)(P(=O)(O)O)P(=O)(O)O)cc2)C(=O)C1C. The molecule has 1 aromatic rings. The van der Waals surface area contributed by atoms with Crippen LogP contribution in [0.2, 0.25) is 0 Å². The normalized spacial score (nSPS) is 22.5. The van der Waals surface area contributed by atoms with Crippen LogP contribution in [0.5, 0.6) is 0 Å². The summed E-state index contributed by atoms with van der Waals surface area (Å²) in [5, 5.41) is 6.54. The van der Waals surface area contributed by atoms with E-state index in [1.54, 1.807) is 0 Å². The predicted octanol–water partition coefficient (Wildman–Crippen LogP) is 1.25. The van der Waals surface area contributed by atoms with Crippen LogP contribution in [0.3, 0.4) is 0 Å². The Labute approximate surface area is 148 Å². The number of carbonyl (C=O) groups is 1. The fraction of sp³-hybridized carbons (Fsp3) is 0.462. The molecule has 1 aliphatic heterocycles. The number of nitrogens with zero attached hydrogens (tertiary/aromatic N) is 1. The second-order valence-corrected chi connectivity index (χ2v) is 11.3. The van der Waals surface area contributed by atoms with Crippen LogP contribution in [-0.2, 0) is 20.3 Å². The van der Waals surface area contributed by atoms with Crippen molar-refractivity contribution in [3.8, 4) is 0 Å². The van der Waals surface area contributed by atoms with Crippen molar-refractivity contribution in [1.29, 1.82) is 0 Å². The maximum Gasteiger partial charge on any atom is 0.369 e. The minimum Gasteiger partial charge on any atom is -0.367 e. The quantitative estimate of drug-likeness (QED) is 0.355.